The standard InChI is InChI=1S/C16H17NO/c1-12(17-15-5-3-2-4-6-15)13-7-8-16-14(11-13)9-10-18-16/h2-8,11-12,17H,9-10H2,1H3. The molecule has 2 nitrogen and oxygen atoms in total. The van der Waals surface area contributed by atoms with E-state index in [1.165, 1.54) is 11.1 Å². The van der Waals surface area contributed by atoms with Crippen molar-refractivity contribution in [1.82, 2.24) is 0 Å². The van der Waals surface area contributed by atoms with E-state index in [9.17, 15) is 0 Å². The quantitative estimate of drug-likeness (QED) is 0.879. The molecule has 2 aromatic carbocycles. The van der Waals surface area contributed by atoms with E-state index >= 15 is 0 Å². The molecule has 0 bridgehead atoms. The Hall–Kier alpha value is -1.96. The Kier molecular flexibility index (Phi) is 2.93. The maximum absolute atomic E-state index is 5.53. The highest BCUT2D eigenvalue weighted by molar-refractivity contribution is 5.47. The van der Waals surface area contributed by atoms with Crippen LogP contribution < -0.4 is 10.1 Å². The lowest BCUT2D eigenvalue weighted by molar-refractivity contribution is 0.357. The minimum absolute atomic E-state index is 0.304. The molecule has 1 unspecified atom stereocenters. The molecule has 0 saturated carbocycles. The van der Waals surface area contributed by atoms with E-state index in [1.54, 1.807) is 0 Å². The van der Waals surface area contributed by atoms with Gasteiger partial charge in [-0.25, -0.2) is 0 Å². The Balaban J connectivity index is 1.78. The molecule has 0 saturated heterocycles. The molecule has 1 aliphatic rings. The number of nitrogens with one attached hydrogen (secondary N) is 1. The SMILES string of the molecule is CC(Nc1ccccc1)c1ccc2c(c1)CCO2. The molecule has 0 amide bonds. The second kappa shape index (κ2) is 4.73. The first kappa shape index (κ1) is 11.1. The molecular weight excluding hydrogens is 222 g/mol. The zero-order valence-electron chi connectivity index (χ0n) is 10.5. The summed E-state index contributed by atoms with van der Waals surface area (Å²) in [6.07, 6.45) is 1.03. The van der Waals surface area contributed by atoms with Crippen LogP contribution in [-0.4, -0.2) is 6.61 Å². The van der Waals surface area contributed by atoms with Crippen molar-refractivity contribution in [2.24, 2.45) is 0 Å². The van der Waals surface area contributed by atoms with E-state index < -0.39 is 0 Å². The maximum atomic E-state index is 5.53. The van der Waals surface area contributed by atoms with Crippen LogP contribution >= 0.6 is 0 Å². The van der Waals surface area contributed by atoms with E-state index in [4.69, 9.17) is 4.74 Å². The zero-order chi connectivity index (χ0) is 12.4. The van der Waals surface area contributed by atoms with E-state index in [0.29, 0.717) is 6.04 Å². The minimum atomic E-state index is 0.304. The van der Waals surface area contributed by atoms with Crippen LogP contribution in [-0.2, 0) is 6.42 Å². The van der Waals surface area contributed by atoms with E-state index in [2.05, 4.69) is 42.6 Å². The summed E-state index contributed by atoms with van der Waals surface area (Å²) >= 11 is 0. The second-order valence-electron chi connectivity index (χ2n) is 4.70. The molecule has 1 aliphatic heterocycles. The molecule has 1 heterocycles. The molecule has 0 fully saturated rings. The number of hydrogen-bond acceptors (Lipinski definition) is 2. The number of benzene rings is 2. The van der Waals surface area contributed by atoms with Crippen LogP contribution in [0, 0.1) is 0 Å². The Morgan fingerprint density at radius 3 is 2.78 bits per heavy atom. The van der Waals surface area contributed by atoms with Crippen molar-refractivity contribution in [3.63, 3.8) is 0 Å². The molecule has 0 spiro atoms. The monoisotopic (exact) mass is 239 g/mol. The average Bonchev–Trinajstić information content (AvgIpc) is 2.87. The Morgan fingerprint density at radius 1 is 1.11 bits per heavy atom. The van der Waals surface area contributed by atoms with Gasteiger partial charge in [0, 0.05) is 18.2 Å². The second-order valence-corrected chi connectivity index (χ2v) is 4.70. The highest BCUT2D eigenvalue weighted by Crippen LogP contribution is 2.29. The predicted octanol–water partition coefficient (Wildman–Crippen LogP) is 3.79. The topological polar surface area (TPSA) is 21.3 Å². The summed E-state index contributed by atoms with van der Waals surface area (Å²) in [6, 6.07) is 17.1. The molecule has 1 N–H and O–H groups in total. The predicted molar refractivity (Wildman–Crippen MR) is 74.1 cm³/mol. The lowest BCUT2D eigenvalue weighted by atomic mass is 10.0. The van der Waals surface area contributed by atoms with Crippen LogP contribution in [0.15, 0.2) is 48.5 Å². The van der Waals surface area contributed by atoms with Gasteiger partial charge in [-0.3, -0.25) is 0 Å². The van der Waals surface area contributed by atoms with Gasteiger partial charge in [0.05, 0.1) is 6.61 Å². The first-order chi connectivity index (χ1) is 8.83. The maximum Gasteiger partial charge on any atom is 0.122 e. The number of rotatable bonds is 3. The van der Waals surface area contributed by atoms with Crippen LogP contribution in [0.1, 0.15) is 24.1 Å². The molecule has 0 aliphatic carbocycles. The third-order valence-electron chi connectivity index (χ3n) is 3.37. The summed E-state index contributed by atoms with van der Waals surface area (Å²) in [5.41, 5.74) is 3.79. The molecular formula is C16H17NO. The number of hydrogen-bond donors (Lipinski definition) is 1. The van der Waals surface area contributed by atoms with Gasteiger partial charge in [0.15, 0.2) is 0 Å². The fourth-order valence-corrected chi connectivity index (χ4v) is 2.34. The summed E-state index contributed by atoms with van der Waals surface area (Å²) in [7, 11) is 0. The molecule has 3 rings (SSSR count). The largest absolute Gasteiger partial charge is 0.493 e. The smallest absolute Gasteiger partial charge is 0.122 e. The molecule has 1 atom stereocenters. The molecule has 2 heteroatoms. The first-order valence-corrected chi connectivity index (χ1v) is 6.40. The van der Waals surface area contributed by atoms with Crippen molar-refractivity contribution in [2.45, 2.75) is 19.4 Å². The summed E-state index contributed by atoms with van der Waals surface area (Å²) in [5, 5.41) is 3.51. The third kappa shape index (κ3) is 2.19. The fourth-order valence-electron chi connectivity index (χ4n) is 2.34. The Labute approximate surface area is 108 Å². The van der Waals surface area contributed by atoms with E-state index in [-0.39, 0.29) is 0 Å². The van der Waals surface area contributed by atoms with Crippen LogP contribution in [0.3, 0.4) is 0 Å². The van der Waals surface area contributed by atoms with Crippen LogP contribution in [0.2, 0.25) is 0 Å². The molecule has 0 aromatic heterocycles. The van der Waals surface area contributed by atoms with E-state index in [1.807, 2.05) is 18.2 Å². The van der Waals surface area contributed by atoms with Gasteiger partial charge in [-0.05, 0) is 42.3 Å². The summed E-state index contributed by atoms with van der Waals surface area (Å²) < 4.78 is 5.53. The van der Waals surface area contributed by atoms with Crippen molar-refractivity contribution >= 4 is 5.69 Å². The van der Waals surface area contributed by atoms with Gasteiger partial charge in [0.1, 0.15) is 5.75 Å². The summed E-state index contributed by atoms with van der Waals surface area (Å²) in [4.78, 5) is 0. The number of para-hydroxylation sites is 1. The highest BCUT2D eigenvalue weighted by atomic mass is 16.5. The number of fused-ring (bicyclic) bond motifs is 1. The Morgan fingerprint density at radius 2 is 1.94 bits per heavy atom. The number of ether oxygens (including phenoxy) is 1. The van der Waals surface area contributed by atoms with Crippen molar-refractivity contribution < 1.29 is 4.74 Å². The van der Waals surface area contributed by atoms with Crippen molar-refractivity contribution in [1.29, 1.82) is 0 Å². The minimum Gasteiger partial charge on any atom is -0.493 e. The van der Waals surface area contributed by atoms with Crippen molar-refractivity contribution in [3.05, 3.63) is 59.7 Å². The van der Waals surface area contributed by atoms with Crippen LogP contribution in [0.5, 0.6) is 5.75 Å². The molecule has 0 radical (unpaired) electrons. The highest BCUT2D eigenvalue weighted by Gasteiger charge is 2.14. The van der Waals surface area contributed by atoms with Crippen molar-refractivity contribution in [3.8, 4) is 5.75 Å². The fraction of sp³-hybridized carbons (Fsp3) is 0.250. The molecule has 92 valence electrons. The Bertz CT molecular complexity index is 536. The number of anilines is 1. The zero-order valence-corrected chi connectivity index (χ0v) is 10.5. The van der Waals surface area contributed by atoms with Crippen LogP contribution in [0.25, 0.3) is 0 Å². The van der Waals surface area contributed by atoms with Gasteiger partial charge in [-0.15, -0.1) is 0 Å². The van der Waals surface area contributed by atoms with Gasteiger partial charge < -0.3 is 10.1 Å². The lowest BCUT2D eigenvalue weighted by Crippen LogP contribution is -2.06. The molecule has 18 heavy (non-hydrogen) atoms. The van der Waals surface area contributed by atoms with Gasteiger partial charge in [-0.1, -0.05) is 24.3 Å². The lowest BCUT2D eigenvalue weighted by Gasteiger charge is -2.16. The summed E-state index contributed by atoms with van der Waals surface area (Å²) in [6.45, 7) is 3.00. The van der Waals surface area contributed by atoms with E-state index in [0.717, 1.165) is 24.5 Å². The van der Waals surface area contributed by atoms with Gasteiger partial charge >= 0.3 is 0 Å². The average molecular weight is 239 g/mol. The van der Waals surface area contributed by atoms with Crippen molar-refractivity contribution in [2.75, 3.05) is 11.9 Å². The van der Waals surface area contributed by atoms with Gasteiger partial charge in [-0.2, -0.15) is 0 Å². The normalized spacial score (nSPS) is 14.7. The third-order valence-corrected chi connectivity index (χ3v) is 3.37. The molecule has 2 aromatic rings. The van der Waals surface area contributed by atoms with Crippen LogP contribution in [0.4, 0.5) is 5.69 Å². The first-order valence-electron chi connectivity index (χ1n) is 6.40. The van der Waals surface area contributed by atoms with Gasteiger partial charge in [0.25, 0.3) is 0 Å². The summed E-state index contributed by atoms with van der Waals surface area (Å²) in [5.74, 6) is 1.05. The van der Waals surface area contributed by atoms with Gasteiger partial charge in [0.2, 0.25) is 0 Å².